The number of rotatable bonds is 5. The summed E-state index contributed by atoms with van der Waals surface area (Å²) in [5.74, 6) is 0.645. The fraction of sp³-hybridized carbons (Fsp3) is 0.267. The second-order valence-corrected chi connectivity index (χ2v) is 5.48. The van der Waals surface area contributed by atoms with Gasteiger partial charge in [0.2, 0.25) is 0 Å². The zero-order valence-corrected chi connectivity index (χ0v) is 12.4. The van der Waals surface area contributed by atoms with Crippen LogP contribution in [0.3, 0.4) is 0 Å². The molecule has 0 unspecified atom stereocenters. The van der Waals surface area contributed by atoms with Gasteiger partial charge in [-0.2, -0.15) is 0 Å². The quantitative estimate of drug-likeness (QED) is 0.883. The number of urea groups is 1. The normalized spacial score (nSPS) is 10.1. The van der Waals surface area contributed by atoms with Crippen LogP contribution in [0.1, 0.15) is 16.7 Å². The summed E-state index contributed by atoms with van der Waals surface area (Å²) in [6.45, 7) is 2.66. The lowest BCUT2D eigenvalue weighted by Gasteiger charge is -2.10. The fourth-order valence-electron chi connectivity index (χ4n) is 1.79. The van der Waals surface area contributed by atoms with Crippen LogP contribution in [0.2, 0.25) is 0 Å². The summed E-state index contributed by atoms with van der Waals surface area (Å²) in [6, 6.07) is 11.2. The average Bonchev–Trinajstić information content (AvgIpc) is 2.94. The molecule has 5 heteroatoms. The Morgan fingerprint density at radius 1 is 1.20 bits per heavy atom. The minimum atomic E-state index is -0.235. The number of ether oxygens (including phenoxy) is 1. The number of nitrogens with one attached hydrogen (secondary N) is 2. The van der Waals surface area contributed by atoms with Crippen molar-refractivity contribution in [3.8, 4) is 5.75 Å². The largest absolute Gasteiger partial charge is 0.495 e. The molecule has 0 radical (unpaired) electrons. The Hall–Kier alpha value is -2.01. The molecule has 1 aromatic carbocycles. The highest BCUT2D eigenvalue weighted by molar-refractivity contribution is 7.11. The van der Waals surface area contributed by atoms with Gasteiger partial charge in [-0.25, -0.2) is 4.79 Å². The SMILES string of the molecule is CCc1ccc(CNC(=O)Nc2ccccc2OC)s1. The van der Waals surface area contributed by atoms with Crippen LogP contribution < -0.4 is 15.4 Å². The average molecular weight is 290 g/mol. The number of benzene rings is 1. The summed E-state index contributed by atoms with van der Waals surface area (Å²) in [4.78, 5) is 14.3. The van der Waals surface area contributed by atoms with E-state index in [9.17, 15) is 4.79 Å². The monoisotopic (exact) mass is 290 g/mol. The molecule has 1 aromatic heterocycles. The van der Waals surface area contributed by atoms with Gasteiger partial charge < -0.3 is 15.4 Å². The highest BCUT2D eigenvalue weighted by Gasteiger charge is 2.06. The predicted octanol–water partition coefficient (Wildman–Crippen LogP) is 3.64. The summed E-state index contributed by atoms with van der Waals surface area (Å²) in [5.41, 5.74) is 0.660. The first-order chi connectivity index (χ1) is 9.72. The van der Waals surface area contributed by atoms with E-state index in [2.05, 4.69) is 23.6 Å². The van der Waals surface area contributed by atoms with Crippen molar-refractivity contribution in [1.29, 1.82) is 0 Å². The second kappa shape index (κ2) is 6.96. The first-order valence-electron chi connectivity index (χ1n) is 6.48. The van der Waals surface area contributed by atoms with E-state index >= 15 is 0 Å². The molecule has 20 heavy (non-hydrogen) atoms. The number of anilines is 1. The van der Waals surface area contributed by atoms with Crippen LogP contribution >= 0.6 is 11.3 Å². The van der Waals surface area contributed by atoms with E-state index in [-0.39, 0.29) is 6.03 Å². The lowest BCUT2D eigenvalue weighted by Crippen LogP contribution is -2.28. The molecule has 0 aliphatic rings. The first kappa shape index (κ1) is 14.4. The molecule has 4 nitrogen and oxygen atoms in total. The molecule has 1 heterocycles. The molecule has 0 aliphatic heterocycles. The van der Waals surface area contributed by atoms with E-state index in [0.717, 1.165) is 11.3 Å². The maximum absolute atomic E-state index is 11.9. The molecule has 0 saturated heterocycles. The highest BCUT2D eigenvalue weighted by Crippen LogP contribution is 2.22. The van der Waals surface area contributed by atoms with Gasteiger partial charge >= 0.3 is 6.03 Å². The number of hydrogen-bond acceptors (Lipinski definition) is 3. The molecular weight excluding hydrogens is 272 g/mol. The van der Waals surface area contributed by atoms with E-state index in [1.165, 1.54) is 4.88 Å². The zero-order valence-electron chi connectivity index (χ0n) is 11.6. The van der Waals surface area contributed by atoms with Crippen molar-refractivity contribution in [2.45, 2.75) is 19.9 Å². The smallest absolute Gasteiger partial charge is 0.319 e. The third kappa shape index (κ3) is 3.74. The van der Waals surface area contributed by atoms with Gasteiger partial charge in [-0.15, -0.1) is 11.3 Å². The van der Waals surface area contributed by atoms with Gasteiger partial charge in [0.05, 0.1) is 19.3 Å². The van der Waals surface area contributed by atoms with Gasteiger partial charge in [-0.3, -0.25) is 0 Å². The molecule has 2 amide bonds. The van der Waals surface area contributed by atoms with E-state index in [1.54, 1.807) is 24.5 Å². The second-order valence-electron chi connectivity index (χ2n) is 4.23. The Morgan fingerprint density at radius 2 is 1.95 bits per heavy atom. The van der Waals surface area contributed by atoms with Crippen molar-refractivity contribution in [3.05, 3.63) is 46.2 Å². The number of carbonyl (C=O) groups is 1. The number of aryl methyl sites for hydroxylation is 1. The van der Waals surface area contributed by atoms with E-state index < -0.39 is 0 Å². The molecule has 2 N–H and O–H groups in total. The van der Waals surface area contributed by atoms with Crippen LogP contribution in [0, 0.1) is 0 Å². The Morgan fingerprint density at radius 3 is 2.65 bits per heavy atom. The molecule has 0 aliphatic carbocycles. The van der Waals surface area contributed by atoms with Gasteiger partial charge in [0.25, 0.3) is 0 Å². The third-order valence-corrected chi connectivity index (χ3v) is 4.07. The van der Waals surface area contributed by atoms with Crippen LogP contribution in [-0.2, 0) is 13.0 Å². The zero-order chi connectivity index (χ0) is 14.4. The molecule has 0 atom stereocenters. The van der Waals surface area contributed by atoms with E-state index in [1.807, 2.05) is 24.3 Å². The van der Waals surface area contributed by atoms with Crippen LogP contribution in [0.25, 0.3) is 0 Å². The van der Waals surface area contributed by atoms with Crippen molar-refractivity contribution in [1.82, 2.24) is 5.32 Å². The van der Waals surface area contributed by atoms with Crippen molar-refractivity contribution in [2.24, 2.45) is 0 Å². The van der Waals surface area contributed by atoms with Gasteiger partial charge in [0.15, 0.2) is 0 Å². The number of thiophene rings is 1. The minimum Gasteiger partial charge on any atom is -0.495 e. The van der Waals surface area contributed by atoms with Crippen LogP contribution in [0.5, 0.6) is 5.75 Å². The summed E-state index contributed by atoms with van der Waals surface area (Å²) >= 11 is 1.72. The van der Waals surface area contributed by atoms with Crippen LogP contribution in [0.4, 0.5) is 10.5 Å². The lowest BCUT2D eigenvalue weighted by molar-refractivity contribution is 0.251. The van der Waals surface area contributed by atoms with Crippen LogP contribution in [-0.4, -0.2) is 13.1 Å². The van der Waals surface area contributed by atoms with Crippen molar-refractivity contribution < 1.29 is 9.53 Å². The van der Waals surface area contributed by atoms with Crippen LogP contribution in [0.15, 0.2) is 36.4 Å². The number of carbonyl (C=O) groups excluding carboxylic acids is 1. The third-order valence-electron chi connectivity index (χ3n) is 2.84. The summed E-state index contributed by atoms with van der Waals surface area (Å²) in [5, 5.41) is 5.62. The summed E-state index contributed by atoms with van der Waals surface area (Å²) < 4.78 is 5.19. The number of hydrogen-bond donors (Lipinski definition) is 2. The fourth-order valence-corrected chi connectivity index (χ4v) is 2.69. The van der Waals surface area contributed by atoms with Gasteiger partial charge in [0.1, 0.15) is 5.75 Å². The molecule has 0 bridgehead atoms. The minimum absolute atomic E-state index is 0.235. The van der Waals surface area contributed by atoms with E-state index in [0.29, 0.717) is 18.0 Å². The molecule has 0 spiro atoms. The highest BCUT2D eigenvalue weighted by atomic mass is 32.1. The molecule has 106 valence electrons. The van der Waals surface area contributed by atoms with Crippen molar-refractivity contribution in [2.75, 3.05) is 12.4 Å². The Kier molecular flexibility index (Phi) is 5.01. The molecule has 2 rings (SSSR count). The Balaban J connectivity index is 1.89. The topological polar surface area (TPSA) is 50.4 Å². The summed E-state index contributed by atoms with van der Waals surface area (Å²) in [6.07, 6.45) is 1.03. The molecular formula is C15H18N2O2S. The Labute approximate surface area is 122 Å². The van der Waals surface area contributed by atoms with Gasteiger partial charge in [-0.05, 0) is 30.7 Å². The maximum atomic E-state index is 11.9. The summed E-state index contributed by atoms with van der Waals surface area (Å²) in [7, 11) is 1.58. The Bertz CT molecular complexity index is 581. The first-order valence-corrected chi connectivity index (χ1v) is 7.30. The molecule has 0 saturated carbocycles. The number of methoxy groups -OCH3 is 1. The molecule has 0 fully saturated rings. The predicted molar refractivity (Wildman–Crippen MR) is 82.5 cm³/mol. The maximum Gasteiger partial charge on any atom is 0.319 e. The standard InChI is InChI=1S/C15H18N2O2S/c1-3-11-8-9-12(20-11)10-16-15(18)17-13-6-4-5-7-14(13)19-2/h4-9H,3,10H2,1-2H3,(H2,16,17,18). The number of amides is 2. The van der Waals surface area contributed by atoms with E-state index in [4.69, 9.17) is 4.74 Å². The molecule has 2 aromatic rings. The van der Waals surface area contributed by atoms with Crippen molar-refractivity contribution >= 4 is 23.1 Å². The van der Waals surface area contributed by atoms with Gasteiger partial charge in [0, 0.05) is 9.75 Å². The number of para-hydroxylation sites is 2. The van der Waals surface area contributed by atoms with Crippen molar-refractivity contribution in [3.63, 3.8) is 0 Å². The lowest BCUT2D eigenvalue weighted by atomic mass is 10.3. The van der Waals surface area contributed by atoms with Gasteiger partial charge in [-0.1, -0.05) is 19.1 Å².